The van der Waals surface area contributed by atoms with Crippen LogP contribution in [0.1, 0.15) is 0 Å². The van der Waals surface area contributed by atoms with Crippen LogP contribution in [0, 0.1) is 0 Å². The molecule has 0 aromatic heterocycles. The molecule has 2 amide bonds. The number of hydrogen-bond donors (Lipinski definition) is 1. The van der Waals surface area contributed by atoms with Crippen LogP contribution in [0.2, 0.25) is 0 Å². The van der Waals surface area contributed by atoms with Gasteiger partial charge >= 0.3 is 11.8 Å². The van der Waals surface area contributed by atoms with Gasteiger partial charge in [-0.2, -0.15) is 0 Å². The molecular weight excluding hydrogens is 194 g/mol. The molecule has 0 unspecified atom stereocenters. The van der Waals surface area contributed by atoms with Crippen LogP contribution in [0.5, 0.6) is 0 Å². The predicted molar refractivity (Wildman–Crippen MR) is 52.4 cm³/mol. The summed E-state index contributed by atoms with van der Waals surface area (Å²) in [6.07, 6.45) is 2.32. The second-order valence-electron chi connectivity index (χ2n) is 3.01. The first kappa shape index (κ1) is 9.26. The van der Waals surface area contributed by atoms with Gasteiger partial charge in [0.2, 0.25) is 5.69 Å². The molecule has 1 aliphatic heterocycles. The van der Waals surface area contributed by atoms with Crippen molar-refractivity contribution in [2.45, 2.75) is 0 Å². The number of benzene rings is 1. The zero-order valence-electron chi connectivity index (χ0n) is 7.75. The van der Waals surface area contributed by atoms with E-state index in [-0.39, 0.29) is 5.91 Å². The van der Waals surface area contributed by atoms with E-state index in [9.17, 15) is 9.59 Å². The van der Waals surface area contributed by atoms with E-state index in [1.807, 2.05) is 0 Å². The second kappa shape index (κ2) is 3.45. The molecule has 5 nitrogen and oxygen atoms in total. The lowest BCUT2D eigenvalue weighted by Crippen LogP contribution is -2.17. The number of nitrogen functional groups attached to an aromatic ring is 1. The molecule has 0 spiro atoms. The van der Waals surface area contributed by atoms with E-state index in [1.54, 1.807) is 24.3 Å². The van der Waals surface area contributed by atoms with E-state index in [0.717, 1.165) is 10.8 Å². The third kappa shape index (κ3) is 1.80. The van der Waals surface area contributed by atoms with E-state index in [1.165, 1.54) is 6.08 Å². The third-order valence-corrected chi connectivity index (χ3v) is 1.91. The molecule has 0 radical (unpaired) electrons. The smallest absolute Gasteiger partial charge is 0.399 e. The molecule has 74 valence electrons. The lowest BCUT2D eigenvalue weighted by molar-refractivity contribution is -0.425. The van der Waals surface area contributed by atoms with Gasteiger partial charge in [-0.15, -0.1) is 0 Å². The normalized spacial score (nSPS) is 15.3. The Hall–Kier alpha value is -2.30. The van der Waals surface area contributed by atoms with E-state index in [4.69, 9.17) is 5.73 Å². The van der Waals surface area contributed by atoms with Crippen LogP contribution in [0.15, 0.2) is 41.5 Å². The second-order valence-corrected chi connectivity index (χ2v) is 3.01. The Bertz CT molecular complexity index is 486. The fourth-order valence-electron chi connectivity index (χ4n) is 1.19. The van der Waals surface area contributed by atoms with Crippen molar-refractivity contribution in [2.75, 3.05) is 5.73 Å². The van der Waals surface area contributed by atoms with Crippen LogP contribution in [0.3, 0.4) is 0 Å². The number of nitrogens with zero attached hydrogens (tertiary/aromatic N) is 2. The minimum atomic E-state index is -0.452. The van der Waals surface area contributed by atoms with E-state index < -0.39 is 5.91 Å². The van der Waals surface area contributed by atoms with Crippen LogP contribution in [0.4, 0.5) is 11.4 Å². The van der Waals surface area contributed by atoms with Gasteiger partial charge in [0.25, 0.3) is 0 Å². The fourth-order valence-corrected chi connectivity index (χ4v) is 1.19. The molecule has 0 atom stereocenters. The highest BCUT2D eigenvalue weighted by atomic mass is 16.2. The molecular formula is C10H8N3O2+. The van der Waals surface area contributed by atoms with Crippen molar-refractivity contribution < 1.29 is 14.3 Å². The van der Waals surface area contributed by atoms with Crippen LogP contribution >= 0.6 is 0 Å². The monoisotopic (exact) mass is 202 g/mol. The summed E-state index contributed by atoms with van der Waals surface area (Å²) in [6, 6.07) is 6.54. The molecule has 0 bridgehead atoms. The highest BCUT2D eigenvalue weighted by Gasteiger charge is 2.25. The zero-order chi connectivity index (χ0) is 10.8. The zero-order valence-corrected chi connectivity index (χ0v) is 7.75. The van der Waals surface area contributed by atoms with Gasteiger partial charge < -0.3 is 5.73 Å². The first-order valence-corrected chi connectivity index (χ1v) is 4.30. The summed E-state index contributed by atoms with van der Waals surface area (Å²) in [7, 11) is 0. The first-order chi connectivity index (χ1) is 7.16. The minimum Gasteiger partial charge on any atom is -0.399 e. The van der Waals surface area contributed by atoms with Crippen LogP contribution in [0.25, 0.3) is 0 Å². The molecule has 1 aromatic rings. The fraction of sp³-hybridized carbons (Fsp3) is 0. The summed E-state index contributed by atoms with van der Waals surface area (Å²) in [5, 5.41) is 3.58. The Labute approximate surface area is 85.5 Å². The number of azo groups is 2. The van der Waals surface area contributed by atoms with Gasteiger partial charge in [-0.1, -0.05) is 0 Å². The Kier molecular flexibility index (Phi) is 2.13. The lowest BCUT2D eigenvalue weighted by atomic mass is 10.2. The molecule has 1 heterocycles. The minimum absolute atomic E-state index is 0.348. The number of carbonyl (C=O) groups excluding carboxylic acids is 2. The van der Waals surface area contributed by atoms with Crippen LogP contribution in [-0.2, 0) is 9.59 Å². The average Bonchev–Trinajstić information content (AvgIpc) is 2.23. The van der Waals surface area contributed by atoms with Crippen molar-refractivity contribution in [3.05, 3.63) is 36.4 Å². The largest absolute Gasteiger partial charge is 0.443 e. The molecule has 0 aliphatic carbocycles. The summed E-state index contributed by atoms with van der Waals surface area (Å²) in [6.45, 7) is 0. The van der Waals surface area contributed by atoms with Gasteiger partial charge in [0, 0.05) is 23.9 Å². The number of anilines is 1. The van der Waals surface area contributed by atoms with Gasteiger partial charge in [-0.25, -0.2) is 4.79 Å². The van der Waals surface area contributed by atoms with Crippen molar-refractivity contribution in [1.82, 2.24) is 0 Å². The Morgan fingerprint density at radius 3 is 2.40 bits per heavy atom. The maximum atomic E-state index is 11.4. The van der Waals surface area contributed by atoms with Gasteiger partial charge in [-0.3, -0.25) is 4.79 Å². The van der Waals surface area contributed by atoms with E-state index >= 15 is 0 Å². The van der Waals surface area contributed by atoms with Crippen molar-refractivity contribution in [3.63, 3.8) is 0 Å². The standard InChI is InChI=1S/C10H7N3O2/c11-7-1-3-8(4-2-7)13-10(15)6-5-9(14)12-13/h1-6H,(H-,11,12,14)/p+1. The number of rotatable bonds is 1. The third-order valence-electron chi connectivity index (χ3n) is 1.91. The van der Waals surface area contributed by atoms with Crippen molar-refractivity contribution >= 4 is 23.2 Å². The lowest BCUT2D eigenvalue weighted by Gasteiger charge is -1.97. The van der Waals surface area contributed by atoms with E-state index in [0.29, 0.717) is 11.4 Å². The molecule has 2 rings (SSSR count). The van der Waals surface area contributed by atoms with Crippen LogP contribution in [-0.4, -0.2) is 16.5 Å². The summed E-state index contributed by atoms with van der Waals surface area (Å²) >= 11 is 0. The maximum absolute atomic E-state index is 11.4. The van der Waals surface area contributed by atoms with E-state index in [2.05, 4.69) is 5.11 Å². The number of carbonyl (C=O) groups is 2. The van der Waals surface area contributed by atoms with Crippen molar-refractivity contribution in [1.29, 1.82) is 0 Å². The molecule has 1 aromatic carbocycles. The Morgan fingerprint density at radius 1 is 1.07 bits per heavy atom. The highest BCUT2D eigenvalue weighted by Crippen LogP contribution is 2.16. The maximum Gasteiger partial charge on any atom is 0.443 e. The molecule has 0 fully saturated rings. The molecule has 5 heteroatoms. The van der Waals surface area contributed by atoms with Gasteiger partial charge in [0.1, 0.15) is 0 Å². The molecule has 0 saturated heterocycles. The van der Waals surface area contributed by atoms with Gasteiger partial charge in [0.05, 0.1) is 11.2 Å². The van der Waals surface area contributed by atoms with Crippen molar-refractivity contribution in [3.8, 4) is 0 Å². The van der Waals surface area contributed by atoms with Crippen LogP contribution < -0.4 is 5.73 Å². The first-order valence-electron chi connectivity index (χ1n) is 4.30. The summed E-state index contributed by atoms with van der Waals surface area (Å²) in [5.41, 5.74) is 6.61. The average molecular weight is 202 g/mol. The Morgan fingerprint density at radius 2 is 1.73 bits per heavy atom. The van der Waals surface area contributed by atoms with Gasteiger partial charge in [0.15, 0.2) is 0 Å². The van der Waals surface area contributed by atoms with Crippen molar-refractivity contribution in [2.24, 2.45) is 5.11 Å². The van der Waals surface area contributed by atoms with Gasteiger partial charge in [-0.05, 0) is 16.8 Å². The molecule has 1 aliphatic rings. The summed E-state index contributed by atoms with van der Waals surface area (Å²) in [5.74, 6) is -0.800. The highest BCUT2D eigenvalue weighted by molar-refractivity contribution is 5.97. The predicted octanol–water partition coefficient (Wildman–Crippen LogP) is 0.988. The molecule has 15 heavy (non-hydrogen) atoms. The number of amides is 2. The summed E-state index contributed by atoms with van der Waals surface area (Å²) < 4.78 is 1.04. The Balaban J connectivity index is 2.43. The quantitative estimate of drug-likeness (QED) is 0.545. The topological polar surface area (TPSA) is 75.5 Å². The number of nitrogens with two attached hydrogens (primary N) is 1. The summed E-state index contributed by atoms with van der Waals surface area (Å²) in [4.78, 5) is 22.4. The molecule has 2 N–H and O–H groups in total. The number of hydrogen-bond acceptors (Lipinski definition) is 3. The SMILES string of the molecule is Nc1ccc([N+]2=NC(=O)C=CC2=O)cc1. The molecule has 0 saturated carbocycles.